The minimum Gasteiger partial charge on any atom is -0.387 e. The van der Waals surface area contributed by atoms with Gasteiger partial charge in [-0.05, 0) is 31.7 Å². The van der Waals surface area contributed by atoms with Gasteiger partial charge in [-0.1, -0.05) is 23.2 Å². The average molecular weight is 287 g/mol. The molecule has 1 saturated heterocycles. The van der Waals surface area contributed by atoms with E-state index in [-0.39, 0.29) is 0 Å². The summed E-state index contributed by atoms with van der Waals surface area (Å²) in [7, 11) is 0. The van der Waals surface area contributed by atoms with E-state index < -0.39 is 5.60 Å². The fraction of sp³-hybridized carbons (Fsp3) is 0.615. The van der Waals surface area contributed by atoms with Crippen LogP contribution in [0.5, 0.6) is 0 Å². The summed E-state index contributed by atoms with van der Waals surface area (Å²) in [6, 6.07) is 1.83. The van der Waals surface area contributed by atoms with Gasteiger partial charge in [-0.25, -0.2) is 4.98 Å². The smallest absolute Gasteiger partial charge is 0.135 e. The molecule has 0 bridgehead atoms. The molecular formula is C13H16Cl2N2O. The van der Waals surface area contributed by atoms with Gasteiger partial charge in [0.15, 0.2) is 0 Å². The van der Waals surface area contributed by atoms with E-state index >= 15 is 0 Å². The lowest BCUT2D eigenvalue weighted by Crippen LogP contribution is -2.62. The summed E-state index contributed by atoms with van der Waals surface area (Å²) in [6.45, 7) is 3.98. The fourth-order valence-corrected chi connectivity index (χ4v) is 3.36. The quantitative estimate of drug-likeness (QED) is 0.868. The largest absolute Gasteiger partial charge is 0.387 e. The zero-order valence-electron chi connectivity index (χ0n) is 10.3. The van der Waals surface area contributed by atoms with Gasteiger partial charge < -0.3 is 5.11 Å². The van der Waals surface area contributed by atoms with Crippen LogP contribution in [0.15, 0.2) is 6.07 Å². The van der Waals surface area contributed by atoms with Crippen LogP contribution < -0.4 is 0 Å². The molecule has 2 aliphatic rings. The predicted octanol–water partition coefficient (Wildman–Crippen LogP) is 2.65. The Morgan fingerprint density at radius 1 is 1.44 bits per heavy atom. The molecule has 18 heavy (non-hydrogen) atoms. The maximum atomic E-state index is 10.3. The number of aryl methyl sites for hydroxylation is 1. The number of rotatable bonds is 3. The summed E-state index contributed by atoms with van der Waals surface area (Å²) >= 11 is 12.3. The van der Waals surface area contributed by atoms with Crippen LogP contribution in [0.25, 0.3) is 0 Å². The first kappa shape index (κ1) is 12.7. The number of hydrogen-bond donors (Lipinski definition) is 1. The number of aliphatic hydroxyl groups is 1. The average Bonchev–Trinajstić information content (AvgIpc) is 3.03. The van der Waals surface area contributed by atoms with Gasteiger partial charge in [-0.3, -0.25) is 4.90 Å². The third-order valence-corrected chi connectivity index (χ3v) is 4.51. The van der Waals surface area contributed by atoms with Crippen molar-refractivity contribution in [2.45, 2.75) is 31.9 Å². The molecule has 98 valence electrons. The van der Waals surface area contributed by atoms with E-state index in [0.29, 0.717) is 22.6 Å². The standard InChI is InChI=1S/C13H16Cl2N2O/c1-8-4-11(14)10(12(15)16-8)5-17-6-13(18,7-17)9-2-3-9/h4,9,18H,2-3,5-7H2,1H3. The zero-order chi connectivity index (χ0) is 12.9. The first-order valence-electron chi connectivity index (χ1n) is 6.24. The molecule has 0 radical (unpaired) electrons. The molecule has 1 N–H and O–H groups in total. The molecule has 2 heterocycles. The summed E-state index contributed by atoms with van der Waals surface area (Å²) in [5, 5.41) is 11.4. The third kappa shape index (κ3) is 2.25. The highest BCUT2D eigenvalue weighted by atomic mass is 35.5. The second kappa shape index (κ2) is 4.34. The summed E-state index contributed by atoms with van der Waals surface area (Å²) in [6.07, 6.45) is 2.33. The third-order valence-electron chi connectivity index (χ3n) is 3.86. The lowest BCUT2D eigenvalue weighted by Gasteiger charge is -2.47. The topological polar surface area (TPSA) is 36.4 Å². The van der Waals surface area contributed by atoms with E-state index in [1.54, 1.807) is 0 Å². The summed E-state index contributed by atoms with van der Waals surface area (Å²) in [4.78, 5) is 6.39. The molecule has 0 unspecified atom stereocenters. The van der Waals surface area contributed by atoms with Gasteiger partial charge in [-0.2, -0.15) is 0 Å². The van der Waals surface area contributed by atoms with Crippen LogP contribution in [0.1, 0.15) is 24.1 Å². The molecule has 0 aromatic carbocycles. The van der Waals surface area contributed by atoms with Crippen molar-refractivity contribution in [2.24, 2.45) is 5.92 Å². The second-order valence-corrected chi connectivity index (χ2v) is 6.30. The minimum atomic E-state index is -0.461. The lowest BCUT2D eigenvalue weighted by atomic mass is 9.88. The molecule has 2 fully saturated rings. The SMILES string of the molecule is Cc1cc(Cl)c(CN2CC(O)(C3CC3)C2)c(Cl)n1. The molecule has 1 aliphatic heterocycles. The molecule has 1 saturated carbocycles. The van der Waals surface area contributed by atoms with Crippen molar-refractivity contribution >= 4 is 23.2 Å². The van der Waals surface area contributed by atoms with Crippen LogP contribution in [0.3, 0.4) is 0 Å². The Morgan fingerprint density at radius 2 is 2.11 bits per heavy atom. The Morgan fingerprint density at radius 3 is 2.67 bits per heavy atom. The number of β-amino-alcohol motifs (C(OH)–C–C–N with tert-alkyl or cyclic N) is 1. The van der Waals surface area contributed by atoms with Crippen molar-refractivity contribution in [1.29, 1.82) is 0 Å². The van der Waals surface area contributed by atoms with Crippen LogP contribution in [0.4, 0.5) is 0 Å². The van der Waals surface area contributed by atoms with E-state index in [1.165, 1.54) is 0 Å². The van der Waals surface area contributed by atoms with Crippen molar-refractivity contribution in [3.63, 3.8) is 0 Å². The molecule has 1 aromatic rings. The van der Waals surface area contributed by atoms with Gasteiger partial charge in [-0.15, -0.1) is 0 Å². The van der Waals surface area contributed by atoms with E-state index in [9.17, 15) is 5.11 Å². The molecular weight excluding hydrogens is 271 g/mol. The number of aromatic nitrogens is 1. The van der Waals surface area contributed by atoms with Gasteiger partial charge in [0.05, 0.1) is 5.60 Å². The van der Waals surface area contributed by atoms with Crippen LogP contribution in [0.2, 0.25) is 10.2 Å². The molecule has 5 heteroatoms. The predicted molar refractivity (Wildman–Crippen MR) is 71.9 cm³/mol. The molecule has 1 aromatic heterocycles. The van der Waals surface area contributed by atoms with Crippen LogP contribution in [0, 0.1) is 12.8 Å². The van der Waals surface area contributed by atoms with Gasteiger partial charge in [0, 0.05) is 35.9 Å². The van der Waals surface area contributed by atoms with Crippen LogP contribution in [-0.2, 0) is 6.54 Å². The highest BCUT2D eigenvalue weighted by Crippen LogP contribution is 2.45. The van der Waals surface area contributed by atoms with Gasteiger partial charge in [0.2, 0.25) is 0 Å². The fourth-order valence-electron chi connectivity index (χ4n) is 2.71. The van der Waals surface area contributed by atoms with Gasteiger partial charge in [0.1, 0.15) is 5.15 Å². The normalized spacial score (nSPS) is 22.9. The highest BCUT2D eigenvalue weighted by Gasteiger charge is 2.51. The Balaban J connectivity index is 1.68. The Kier molecular flexibility index (Phi) is 3.06. The molecule has 0 spiro atoms. The number of hydrogen-bond acceptors (Lipinski definition) is 3. The maximum absolute atomic E-state index is 10.3. The number of likely N-dealkylation sites (tertiary alicyclic amines) is 1. The number of nitrogens with zero attached hydrogens (tertiary/aromatic N) is 2. The Hall–Kier alpha value is -0.350. The first-order chi connectivity index (χ1) is 8.48. The number of pyridine rings is 1. The van der Waals surface area contributed by atoms with Crippen molar-refractivity contribution in [2.75, 3.05) is 13.1 Å². The summed E-state index contributed by atoms with van der Waals surface area (Å²) < 4.78 is 0. The van der Waals surface area contributed by atoms with E-state index in [4.69, 9.17) is 23.2 Å². The van der Waals surface area contributed by atoms with Crippen molar-refractivity contribution in [3.05, 3.63) is 27.5 Å². The monoisotopic (exact) mass is 286 g/mol. The first-order valence-corrected chi connectivity index (χ1v) is 7.00. The summed E-state index contributed by atoms with van der Waals surface area (Å²) in [5.41, 5.74) is 1.23. The molecule has 3 nitrogen and oxygen atoms in total. The van der Waals surface area contributed by atoms with Gasteiger partial charge >= 0.3 is 0 Å². The Labute approximate surface area is 117 Å². The summed E-state index contributed by atoms with van der Waals surface area (Å²) in [5.74, 6) is 0.510. The van der Waals surface area contributed by atoms with Crippen molar-refractivity contribution in [1.82, 2.24) is 9.88 Å². The van der Waals surface area contributed by atoms with Crippen molar-refractivity contribution < 1.29 is 5.11 Å². The second-order valence-electron chi connectivity index (χ2n) is 5.54. The minimum absolute atomic E-state index is 0.461. The van der Waals surface area contributed by atoms with E-state index in [1.807, 2.05) is 13.0 Å². The molecule has 1 aliphatic carbocycles. The molecule has 3 rings (SSSR count). The van der Waals surface area contributed by atoms with Crippen LogP contribution >= 0.6 is 23.2 Å². The molecule has 0 amide bonds. The molecule has 0 atom stereocenters. The van der Waals surface area contributed by atoms with E-state index in [2.05, 4.69) is 9.88 Å². The lowest BCUT2D eigenvalue weighted by molar-refractivity contribution is -0.116. The Bertz CT molecular complexity index is 459. The maximum Gasteiger partial charge on any atom is 0.135 e. The van der Waals surface area contributed by atoms with E-state index in [0.717, 1.165) is 37.2 Å². The van der Waals surface area contributed by atoms with Crippen LogP contribution in [-0.4, -0.2) is 33.7 Å². The zero-order valence-corrected chi connectivity index (χ0v) is 11.8. The number of halogens is 2. The van der Waals surface area contributed by atoms with Gasteiger partial charge in [0.25, 0.3) is 0 Å². The van der Waals surface area contributed by atoms with Crippen molar-refractivity contribution in [3.8, 4) is 0 Å². The highest BCUT2D eigenvalue weighted by molar-refractivity contribution is 6.35.